The van der Waals surface area contributed by atoms with E-state index in [-0.39, 0.29) is 12.1 Å². The minimum Gasteiger partial charge on any atom is -0.350 e. The summed E-state index contributed by atoms with van der Waals surface area (Å²) in [7, 11) is 2.03. The third kappa shape index (κ3) is 4.00. The number of likely N-dealkylation sites (N-methyl/N-ethyl adjacent to an activating group) is 1. The Labute approximate surface area is 181 Å². The summed E-state index contributed by atoms with van der Waals surface area (Å²) in [4.78, 5) is 16.2. The van der Waals surface area contributed by atoms with E-state index >= 15 is 0 Å². The number of nitrogens with zero attached hydrogens (tertiary/aromatic N) is 5. The summed E-state index contributed by atoms with van der Waals surface area (Å²) in [6.07, 6.45) is 10.1. The number of hydrazone groups is 1. The average Bonchev–Trinajstić information content (AvgIpc) is 3.15. The Morgan fingerprint density at radius 1 is 0.871 bits per heavy atom. The van der Waals surface area contributed by atoms with Crippen LogP contribution in [0.5, 0.6) is 0 Å². The lowest BCUT2D eigenvalue weighted by Gasteiger charge is -2.22. The Morgan fingerprint density at radius 3 is 2.10 bits per heavy atom. The zero-order valence-corrected chi connectivity index (χ0v) is 17.1. The summed E-state index contributed by atoms with van der Waals surface area (Å²) in [5.74, 6) is 1.26. The van der Waals surface area contributed by atoms with Crippen molar-refractivity contribution in [2.45, 2.75) is 12.1 Å². The minimum absolute atomic E-state index is 0.138. The number of allylic oxidation sites excluding steroid dienone is 2. The summed E-state index contributed by atoms with van der Waals surface area (Å²) in [6.45, 7) is 0. The lowest BCUT2D eigenvalue weighted by atomic mass is 10.0. The van der Waals surface area contributed by atoms with E-state index in [9.17, 15) is 0 Å². The van der Waals surface area contributed by atoms with Gasteiger partial charge in [0.05, 0.1) is 29.7 Å². The quantitative estimate of drug-likeness (QED) is 0.503. The average molecular weight is 406 g/mol. The second kappa shape index (κ2) is 8.36. The first-order valence-electron chi connectivity index (χ1n) is 10.2. The van der Waals surface area contributed by atoms with Crippen LogP contribution in [-0.2, 0) is 0 Å². The molecule has 2 atom stereocenters. The summed E-state index contributed by atoms with van der Waals surface area (Å²) in [5.41, 5.74) is 6.72. The first kappa shape index (κ1) is 18.9. The molecule has 1 aliphatic carbocycles. The van der Waals surface area contributed by atoms with Crippen molar-refractivity contribution in [3.63, 3.8) is 0 Å². The highest BCUT2D eigenvalue weighted by Gasteiger charge is 2.30. The molecule has 0 amide bonds. The van der Waals surface area contributed by atoms with E-state index < -0.39 is 0 Å². The van der Waals surface area contributed by atoms with Gasteiger partial charge >= 0.3 is 0 Å². The van der Waals surface area contributed by atoms with Crippen molar-refractivity contribution in [3.05, 3.63) is 91.0 Å². The molecule has 6 nitrogen and oxygen atoms in total. The van der Waals surface area contributed by atoms with Crippen molar-refractivity contribution >= 4 is 18.0 Å². The largest absolute Gasteiger partial charge is 0.350 e. The van der Waals surface area contributed by atoms with Crippen molar-refractivity contribution in [3.8, 4) is 22.5 Å². The third-order valence-electron chi connectivity index (χ3n) is 5.38. The van der Waals surface area contributed by atoms with Crippen molar-refractivity contribution in [1.29, 1.82) is 0 Å². The van der Waals surface area contributed by atoms with E-state index in [0.717, 1.165) is 28.4 Å². The van der Waals surface area contributed by atoms with Gasteiger partial charge < -0.3 is 4.90 Å². The summed E-state index contributed by atoms with van der Waals surface area (Å²) in [5, 5.41) is 4.38. The summed E-state index contributed by atoms with van der Waals surface area (Å²) >= 11 is 0. The van der Waals surface area contributed by atoms with Crippen molar-refractivity contribution in [1.82, 2.24) is 14.9 Å². The number of rotatable bonds is 5. The highest BCUT2D eigenvalue weighted by molar-refractivity contribution is 6.30. The third-order valence-corrected chi connectivity index (χ3v) is 5.38. The Balaban J connectivity index is 1.43. The molecular formula is C25H22N6. The number of aromatic nitrogens is 2. The van der Waals surface area contributed by atoms with Crippen LogP contribution >= 0.6 is 0 Å². The van der Waals surface area contributed by atoms with Crippen LogP contribution < -0.4 is 5.43 Å². The van der Waals surface area contributed by atoms with Crippen LogP contribution in [-0.4, -0.2) is 46.0 Å². The number of benzene rings is 2. The molecule has 0 bridgehead atoms. The van der Waals surface area contributed by atoms with Crippen molar-refractivity contribution in [2.24, 2.45) is 10.1 Å². The van der Waals surface area contributed by atoms with E-state index in [1.807, 2.05) is 79.9 Å². The molecule has 31 heavy (non-hydrogen) atoms. The fourth-order valence-electron chi connectivity index (χ4n) is 3.74. The highest BCUT2D eigenvalue weighted by Crippen LogP contribution is 2.25. The molecular weight excluding hydrogens is 384 g/mol. The molecule has 1 N–H and O–H groups in total. The van der Waals surface area contributed by atoms with E-state index in [1.54, 1.807) is 6.21 Å². The van der Waals surface area contributed by atoms with Gasteiger partial charge in [-0.05, 0) is 6.07 Å². The van der Waals surface area contributed by atoms with Crippen molar-refractivity contribution < 1.29 is 0 Å². The monoisotopic (exact) mass is 406 g/mol. The zero-order valence-electron chi connectivity index (χ0n) is 17.1. The summed E-state index contributed by atoms with van der Waals surface area (Å²) in [6, 6.07) is 22.5. The molecule has 152 valence electrons. The molecule has 5 rings (SSSR count). The number of hydrogen-bond donors (Lipinski definition) is 1. The molecule has 2 aromatic carbocycles. The van der Waals surface area contributed by atoms with Crippen LogP contribution in [0, 0.1) is 0 Å². The van der Waals surface area contributed by atoms with Crippen LogP contribution in [0.25, 0.3) is 22.5 Å². The van der Waals surface area contributed by atoms with Gasteiger partial charge in [-0.2, -0.15) is 5.10 Å². The maximum atomic E-state index is 4.73. The molecule has 0 saturated heterocycles. The second-order valence-corrected chi connectivity index (χ2v) is 7.41. The van der Waals surface area contributed by atoms with Crippen LogP contribution in [0.3, 0.4) is 0 Å². The fourth-order valence-corrected chi connectivity index (χ4v) is 3.74. The topological polar surface area (TPSA) is 65.8 Å². The van der Waals surface area contributed by atoms with E-state index in [0.29, 0.717) is 5.95 Å². The standard InChI is InChI=1S/C25H22N6/c1-31-23-15-9-8-14-20(23)27-24(31)17-26-30-25-28-21(18-10-4-2-5-11-18)16-22(29-25)19-12-6-3-7-13-19/h2-17,20,23H,1H3,(H,28,29,30). The van der Waals surface area contributed by atoms with Crippen LogP contribution in [0.2, 0.25) is 0 Å². The number of amidine groups is 1. The van der Waals surface area contributed by atoms with Gasteiger partial charge in [0, 0.05) is 18.2 Å². The van der Waals surface area contributed by atoms with Gasteiger partial charge in [0.1, 0.15) is 5.84 Å². The van der Waals surface area contributed by atoms with Crippen LogP contribution in [0.15, 0.2) is 101 Å². The molecule has 1 aliphatic heterocycles. The Bertz CT molecular complexity index is 1120. The number of aliphatic imine (C=N–C) groups is 1. The predicted molar refractivity (Wildman–Crippen MR) is 126 cm³/mol. The Kier molecular flexibility index (Phi) is 5.10. The number of hydrogen-bond acceptors (Lipinski definition) is 6. The van der Waals surface area contributed by atoms with E-state index in [1.165, 1.54) is 0 Å². The molecule has 2 heterocycles. The summed E-state index contributed by atoms with van der Waals surface area (Å²) < 4.78 is 0. The zero-order chi connectivity index (χ0) is 21.0. The minimum atomic E-state index is 0.138. The molecule has 0 fully saturated rings. The first-order chi connectivity index (χ1) is 15.3. The maximum Gasteiger partial charge on any atom is 0.244 e. The van der Waals surface area contributed by atoms with Crippen molar-refractivity contribution in [2.75, 3.05) is 12.5 Å². The maximum absolute atomic E-state index is 4.73. The smallest absolute Gasteiger partial charge is 0.244 e. The number of fused-ring (bicyclic) bond motifs is 1. The second-order valence-electron chi connectivity index (χ2n) is 7.41. The molecule has 0 saturated carbocycles. The molecule has 3 aromatic rings. The highest BCUT2D eigenvalue weighted by atomic mass is 15.4. The number of nitrogens with one attached hydrogen (secondary N) is 1. The fraction of sp³-hybridized carbons (Fsp3) is 0.120. The van der Waals surface area contributed by atoms with Gasteiger partial charge in [0.2, 0.25) is 5.95 Å². The normalized spacial score (nSPS) is 19.5. The first-order valence-corrected chi connectivity index (χ1v) is 10.2. The van der Waals surface area contributed by atoms with Crippen LogP contribution in [0.1, 0.15) is 0 Å². The Morgan fingerprint density at radius 2 is 1.48 bits per heavy atom. The molecule has 0 spiro atoms. The lowest BCUT2D eigenvalue weighted by Crippen LogP contribution is -2.35. The molecule has 2 unspecified atom stereocenters. The molecule has 0 radical (unpaired) electrons. The van der Waals surface area contributed by atoms with Gasteiger partial charge in [-0.1, -0.05) is 85.0 Å². The molecule has 6 heteroatoms. The lowest BCUT2D eigenvalue weighted by molar-refractivity contribution is 0.440. The van der Waals surface area contributed by atoms with E-state index in [4.69, 9.17) is 4.99 Å². The Hall–Kier alpha value is -4.06. The van der Waals surface area contributed by atoms with Gasteiger partial charge in [0.25, 0.3) is 0 Å². The van der Waals surface area contributed by atoms with E-state index in [2.05, 4.69) is 43.6 Å². The predicted octanol–water partition coefficient (Wildman–Crippen LogP) is 4.42. The van der Waals surface area contributed by atoms with Gasteiger partial charge in [-0.25, -0.2) is 15.4 Å². The SMILES string of the molecule is CN1C(C=NNc2nc(-c3ccccc3)cc(-c3ccccc3)n2)=NC2C=CC=CC21. The number of anilines is 1. The molecule has 2 aliphatic rings. The van der Waals surface area contributed by atoms with Gasteiger partial charge in [-0.3, -0.25) is 4.99 Å². The van der Waals surface area contributed by atoms with Gasteiger partial charge in [0.15, 0.2) is 0 Å². The van der Waals surface area contributed by atoms with Gasteiger partial charge in [-0.15, -0.1) is 0 Å². The van der Waals surface area contributed by atoms with Crippen LogP contribution in [0.4, 0.5) is 5.95 Å². The molecule has 1 aromatic heterocycles.